The molecule has 0 saturated carbocycles. The van der Waals surface area contributed by atoms with Crippen molar-refractivity contribution >= 4 is 35.4 Å². The summed E-state index contributed by atoms with van der Waals surface area (Å²) in [6.07, 6.45) is 2.60. The van der Waals surface area contributed by atoms with E-state index in [9.17, 15) is 28.8 Å². The van der Waals surface area contributed by atoms with Crippen LogP contribution in [0.5, 0.6) is 0 Å². The number of hydrogen-bond donors (Lipinski definition) is 4. The Balaban J connectivity index is 1.08. The summed E-state index contributed by atoms with van der Waals surface area (Å²) in [5.74, 6) is 9.73. The Morgan fingerprint density at radius 1 is 0.538 bits per heavy atom. The molecule has 2 aliphatic rings. The summed E-state index contributed by atoms with van der Waals surface area (Å²) in [5.41, 5.74) is 3.35. The van der Waals surface area contributed by atoms with E-state index >= 15 is 0 Å². The van der Waals surface area contributed by atoms with E-state index in [1.165, 1.54) is 0 Å². The third-order valence-electron chi connectivity index (χ3n) is 14.6. The maximum atomic E-state index is 14.6. The second-order valence-corrected chi connectivity index (χ2v) is 20.0. The second-order valence-electron chi connectivity index (χ2n) is 20.0. The van der Waals surface area contributed by atoms with Gasteiger partial charge in [-0.25, -0.2) is 0 Å². The zero-order chi connectivity index (χ0) is 55.8. The van der Waals surface area contributed by atoms with E-state index < -0.39 is 36.4 Å². The highest BCUT2D eigenvalue weighted by Crippen LogP contribution is 2.24. The van der Waals surface area contributed by atoms with Gasteiger partial charge in [0.1, 0.15) is 25.3 Å². The zero-order valence-corrected chi connectivity index (χ0v) is 46.1. The Hall–Kier alpha value is -7.34. The predicted octanol–water partition coefficient (Wildman–Crippen LogP) is 4.74. The molecule has 0 spiro atoms. The van der Waals surface area contributed by atoms with Crippen LogP contribution in [-0.4, -0.2) is 170 Å². The molecule has 2 aliphatic heterocycles. The van der Waals surface area contributed by atoms with Crippen LogP contribution in [0.3, 0.4) is 0 Å². The van der Waals surface area contributed by atoms with Crippen molar-refractivity contribution in [3.05, 3.63) is 144 Å². The van der Waals surface area contributed by atoms with Gasteiger partial charge < -0.3 is 50.3 Å². The lowest BCUT2D eigenvalue weighted by molar-refractivity contribution is -0.141. The van der Waals surface area contributed by atoms with Crippen LogP contribution < -0.4 is 21.3 Å². The Labute approximate surface area is 461 Å². The van der Waals surface area contributed by atoms with Crippen molar-refractivity contribution in [3.63, 3.8) is 0 Å². The molecule has 0 aromatic heterocycles. The van der Waals surface area contributed by atoms with Crippen LogP contribution in [0, 0.1) is 23.7 Å². The number of carbonyl (C=O) groups is 6. The van der Waals surface area contributed by atoms with Gasteiger partial charge in [-0.15, -0.1) is 0 Å². The van der Waals surface area contributed by atoms with Crippen LogP contribution in [-0.2, 0) is 41.5 Å². The molecule has 2 fully saturated rings. The lowest BCUT2D eigenvalue weighted by atomic mass is 10.1. The summed E-state index contributed by atoms with van der Waals surface area (Å²) in [5, 5.41) is 11.7. The van der Waals surface area contributed by atoms with Gasteiger partial charge in [-0.1, -0.05) is 109 Å². The molecule has 78 heavy (non-hydrogen) atoms. The molecule has 0 radical (unpaired) electrons. The molecule has 0 bridgehead atoms. The van der Waals surface area contributed by atoms with Gasteiger partial charge in [-0.3, -0.25) is 28.8 Å². The van der Waals surface area contributed by atoms with Crippen molar-refractivity contribution < 1.29 is 38.2 Å². The molecule has 4 aromatic carbocycles. The lowest BCUT2D eigenvalue weighted by Gasteiger charge is -2.35. The minimum absolute atomic E-state index is 0.0967. The molecule has 4 aromatic rings. The maximum Gasteiger partial charge on any atom is 0.253 e. The van der Waals surface area contributed by atoms with E-state index in [1.54, 1.807) is 75.9 Å². The van der Waals surface area contributed by atoms with Crippen molar-refractivity contribution in [2.45, 2.75) is 115 Å². The number of amides is 6. The average Bonchev–Trinajstić information content (AvgIpc) is 4.17. The number of nitrogens with zero attached hydrogens (tertiary/aromatic N) is 4. The maximum absolute atomic E-state index is 14.6. The number of likely N-dealkylation sites (tertiary alicyclic amines) is 2. The smallest absolute Gasteiger partial charge is 0.253 e. The van der Waals surface area contributed by atoms with Gasteiger partial charge in [0.15, 0.2) is 0 Å². The van der Waals surface area contributed by atoms with Gasteiger partial charge in [-0.05, 0) is 128 Å². The fourth-order valence-electron chi connectivity index (χ4n) is 9.67. The number of likely N-dealkylation sites (N-methyl/N-ethyl adjacent to an activating group) is 2. The van der Waals surface area contributed by atoms with Gasteiger partial charge in [0.2, 0.25) is 23.6 Å². The number of hydrogen-bond acceptors (Lipinski definition) is 10. The van der Waals surface area contributed by atoms with Crippen LogP contribution in [0.4, 0.5) is 0 Å². The first-order chi connectivity index (χ1) is 37.8. The average molecular weight is 1060 g/mol. The van der Waals surface area contributed by atoms with Crippen molar-refractivity contribution in [1.82, 2.24) is 40.9 Å². The summed E-state index contributed by atoms with van der Waals surface area (Å²) in [6, 6.07) is 34.5. The summed E-state index contributed by atoms with van der Waals surface area (Å²) < 4.78 is 12.2. The van der Waals surface area contributed by atoms with Crippen molar-refractivity contribution in [2.75, 3.05) is 66.6 Å². The first-order valence-corrected chi connectivity index (χ1v) is 27.3. The van der Waals surface area contributed by atoms with Crippen LogP contribution >= 0.6 is 0 Å². The summed E-state index contributed by atoms with van der Waals surface area (Å²) in [7, 11) is 3.33. The Kier molecular flexibility index (Phi) is 23.9. The van der Waals surface area contributed by atoms with Crippen LogP contribution in [0.15, 0.2) is 121 Å². The largest absolute Gasteiger partial charge is 0.363 e. The molecule has 0 unspecified atom stereocenters. The topological polar surface area (TPSA) is 182 Å². The van der Waals surface area contributed by atoms with Gasteiger partial charge >= 0.3 is 0 Å². The highest BCUT2D eigenvalue weighted by Gasteiger charge is 2.40. The third kappa shape index (κ3) is 17.6. The Morgan fingerprint density at radius 3 is 1.23 bits per heavy atom. The standard InChI is InChI=1S/C62H78N8O8/c1-45(63-5)57(71)65-55(61(75)69-37-23-33-53(69)43-67(39-35-49-25-13-9-14-26-49)59(73)51-29-17-11-18-30-51)47(3)77-41-21-7-8-22-42-78-48(4)56(66-58(72)46(2)64-6)62(76)70-38-24-34-54(70)44-68(40-36-50-27-15-10-16-28-50)60(74)52-31-19-12-20-32-52/h9-20,25-32,45-48,53-56,63-64H,23-24,33-44H2,1-6H3,(H,65,71)(H,66,72)/t45-,46-,47+,48+,53-,54-,55-,56-/m0/s1. The van der Waals surface area contributed by atoms with E-state index in [1.807, 2.05) is 107 Å². The van der Waals surface area contributed by atoms with E-state index in [0.717, 1.165) is 24.0 Å². The minimum Gasteiger partial charge on any atom is -0.363 e. The van der Waals surface area contributed by atoms with Gasteiger partial charge in [0.05, 0.1) is 24.3 Å². The number of benzene rings is 4. The third-order valence-corrected chi connectivity index (χ3v) is 14.6. The normalized spacial score (nSPS) is 17.2. The monoisotopic (exact) mass is 1060 g/mol. The molecule has 2 saturated heterocycles. The first-order valence-electron chi connectivity index (χ1n) is 27.3. The Bertz CT molecular complexity index is 2510. The second kappa shape index (κ2) is 31.2. The number of rotatable bonds is 26. The molecule has 6 rings (SSSR count). The highest BCUT2D eigenvalue weighted by molar-refractivity contribution is 5.95. The molecule has 4 N–H and O–H groups in total. The quantitative estimate of drug-likeness (QED) is 0.0642. The summed E-state index contributed by atoms with van der Waals surface area (Å²) in [6.45, 7) is 9.17. The number of carbonyl (C=O) groups excluding carboxylic acids is 6. The molecule has 16 heteroatoms. The van der Waals surface area contributed by atoms with Crippen LogP contribution in [0.2, 0.25) is 0 Å². The number of ether oxygens (including phenoxy) is 2. The van der Waals surface area contributed by atoms with E-state index in [-0.39, 0.29) is 60.7 Å². The SMILES string of the molecule is CN[C@@H](C)C(=O)N[C@H](C(=O)N1CCC[C@H]1CN(CCc1ccccc1)C(=O)c1ccccc1)[C@@H](C)OCC#CC#CCO[C@H](C)[C@H](NC(=O)[C@H](C)NC)C(=O)N1CCC[C@H]1CN(CCc1ccccc1)C(=O)c1ccccc1. The van der Waals surface area contributed by atoms with Crippen molar-refractivity contribution in [1.29, 1.82) is 0 Å². The lowest BCUT2D eigenvalue weighted by Crippen LogP contribution is -2.58. The molecule has 2 heterocycles. The fraction of sp³-hybridized carbons (Fsp3) is 0.452. The Morgan fingerprint density at radius 2 is 0.885 bits per heavy atom. The van der Waals surface area contributed by atoms with Crippen LogP contribution in [0.1, 0.15) is 85.2 Å². The molecule has 6 amide bonds. The highest BCUT2D eigenvalue weighted by atomic mass is 16.5. The molecular formula is C62H78N8O8. The molecule has 8 atom stereocenters. The van der Waals surface area contributed by atoms with Gasteiger partial charge in [0, 0.05) is 62.5 Å². The molecular weight excluding hydrogens is 985 g/mol. The summed E-state index contributed by atoms with van der Waals surface area (Å²) >= 11 is 0. The molecule has 16 nitrogen and oxygen atoms in total. The molecule has 0 aliphatic carbocycles. The van der Waals surface area contributed by atoms with E-state index in [2.05, 4.69) is 44.9 Å². The van der Waals surface area contributed by atoms with Crippen LogP contribution in [0.25, 0.3) is 0 Å². The molecule has 414 valence electrons. The number of nitrogens with one attached hydrogen (secondary N) is 4. The van der Waals surface area contributed by atoms with E-state index in [0.29, 0.717) is 76.1 Å². The van der Waals surface area contributed by atoms with Gasteiger partial charge in [0.25, 0.3) is 11.8 Å². The van der Waals surface area contributed by atoms with Gasteiger partial charge in [-0.2, -0.15) is 0 Å². The fourth-order valence-corrected chi connectivity index (χ4v) is 9.67. The predicted molar refractivity (Wildman–Crippen MR) is 302 cm³/mol. The minimum atomic E-state index is -1.04. The van der Waals surface area contributed by atoms with Crippen molar-refractivity contribution in [3.8, 4) is 23.7 Å². The van der Waals surface area contributed by atoms with Crippen molar-refractivity contribution in [2.24, 2.45) is 0 Å². The first kappa shape index (κ1) is 59.9. The summed E-state index contributed by atoms with van der Waals surface area (Å²) in [4.78, 5) is 90.8. The zero-order valence-electron chi connectivity index (χ0n) is 46.1. The van der Waals surface area contributed by atoms with E-state index in [4.69, 9.17) is 9.47 Å².